The van der Waals surface area contributed by atoms with E-state index in [1.807, 2.05) is 13.8 Å². The number of carbonyl (C=O) groups excluding carboxylic acids is 1. The largest absolute Gasteiger partial charge is 0.388 e. The van der Waals surface area contributed by atoms with E-state index in [-0.39, 0.29) is 24.5 Å². The zero-order chi connectivity index (χ0) is 22.3. The summed E-state index contributed by atoms with van der Waals surface area (Å²) in [7, 11) is 0. The summed E-state index contributed by atoms with van der Waals surface area (Å²) in [5.41, 5.74) is -0.673. The van der Waals surface area contributed by atoms with Gasteiger partial charge in [-0.05, 0) is 43.9 Å². The van der Waals surface area contributed by atoms with Crippen LogP contribution in [0.15, 0.2) is 0 Å². The van der Waals surface area contributed by atoms with Gasteiger partial charge in [-0.25, -0.2) is 0 Å². The van der Waals surface area contributed by atoms with E-state index in [1.165, 1.54) is 11.8 Å². The smallest absolute Gasteiger partial charge is 0.237 e. The molecule has 0 saturated carbocycles. The van der Waals surface area contributed by atoms with Gasteiger partial charge in [0.1, 0.15) is 29.9 Å². The first-order chi connectivity index (χ1) is 14.3. The molecule has 8 unspecified atom stereocenters. The van der Waals surface area contributed by atoms with Crippen molar-refractivity contribution in [2.24, 2.45) is 11.8 Å². The van der Waals surface area contributed by atoms with Crippen molar-refractivity contribution < 1.29 is 29.2 Å². The SMILES string of the molecule is CSC1OC(C(NC(=O)C2CC(CCCCCF)CCN2)C(C)C)C(O)C(O)C1O. The molecule has 9 heteroatoms. The number of rotatable bonds is 10. The third-order valence-electron chi connectivity index (χ3n) is 6.29. The lowest BCUT2D eigenvalue weighted by molar-refractivity contribution is -0.208. The van der Waals surface area contributed by atoms with Gasteiger partial charge in [-0.2, -0.15) is 0 Å². The first-order valence-electron chi connectivity index (χ1n) is 11.1. The number of carbonyl (C=O) groups is 1. The molecule has 8 atom stereocenters. The van der Waals surface area contributed by atoms with Crippen LogP contribution >= 0.6 is 11.8 Å². The van der Waals surface area contributed by atoms with Crippen molar-refractivity contribution in [3.63, 3.8) is 0 Å². The maximum Gasteiger partial charge on any atom is 0.237 e. The molecule has 2 saturated heterocycles. The van der Waals surface area contributed by atoms with Gasteiger partial charge in [-0.3, -0.25) is 9.18 Å². The van der Waals surface area contributed by atoms with Gasteiger partial charge in [0.15, 0.2) is 0 Å². The predicted octanol–water partition coefficient (Wildman–Crippen LogP) is 1.20. The van der Waals surface area contributed by atoms with Gasteiger partial charge in [-0.1, -0.05) is 33.1 Å². The highest BCUT2D eigenvalue weighted by Gasteiger charge is 2.47. The van der Waals surface area contributed by atoms with Gasteiger partial charge in [0.05, 0.1) is 18.8 Å². The summed E-state index contributed by atoms with van der Waals surface area (Å²) in [5, 5.41) is 37.1. The van der Waals surface area contributed by atoms with Crippen LogP contribution in [0.1, 0.15) is 52.4 Å². The highest BCUT2D eigenvalue weighted by molar-refractivity contribution is 7.99. The Labute approximate surface area is 183 Å². The second kappa shape index (κ2) is 12.6. The predicted molar refractivity (Wildman–Crippen MR) is 116 cm³/mol. The van der Waals surface area contributed by atoms with Crippen LogP contribution in [-0.4, -0.2) is 82.6 Å². The Morgan fingerprint density at radius 1 is 1.20 bits per heavy atom. The number of hydrogen-bond acceptors (Lipinski definition) is 7. The molecule has 1 amide bonds. The molecule has 2 aliphatic rings. The number of unbranched alkanes of at least 4 members (excludes halogenated alkanes) is 2. The van der Waals surface area contributed by atoms with E-state index in [0.717, 1.165) is 38.6 Å². The Morgan fingerprint density at radius 2 is 1.93 bits per heavy atom. The Bertz CT molecular complexity index is 528. The fourth-order valence-corrected chi connectivity index (χ4v) is 5.10. The van der Waals surface area contributed by atoms with Crippen LogP contribution in [0.25, 0.3) is 0 Å². The quantitative estimate of drug-likeness (QED) is 0.318. The minimum atomic E-state index is -1.33. The number of amides is 1. The first-order valence-corrected chi connectivity index (χ1v) is 12.4. The highest BCUT2D eigenvalue weighted by atomic mass is 32.2. The van der Waals surface area contributed by atoms with Crippen LogP contribution in [0.3, 0.4) is 0 Å². The average molecular weight is 451 g/mol. The molecule has 176 valence electrons. The number of thioether (sulfide) groups is 1. The van der Waals surface area contributed by atoms with Gasteiger partial charge in [0.2, 0.25) is 5.91 Å². The van der Waals surface area contributed by atoms with E-state index in [4.69, 9.17) is 4.74 Å². The van der Waals surface area contributed by atoms with Crippen molar-refractivity contribution in [3.8, 4) is 0 Å². The molecular formula is C21H39FN2O5S. The maximum atomic E-state index is 13.0. The Morgan fingerprint density at radius 3 is 2.57 bits per heavy atom. The minimum absolute atomic E-state index is 0.0429. The summed E-state index contributed by atoms with van der Waals surface area (Å²) in [6.07, 6.45) is 2.35. The number of hydrogen-bond donors (Lipinski definition) is 5. The highest BCUT2D eigenvalue weighted by Crippen LogP contribution is 2.30. The molecule has 7 nitrogen and oxygen atoms in total. The molecule has 2 aliphatic heterocycles. The monoisotopic (exact) mass is 450 g/mol. The molecule has 5 N–H and O–H groups in total. The zero-order valence-corrected chi connectivity index (χ0v) is 19.1. The molecule has 0 radical (unpaired) electrons. The summed E-state index contributed by atoms with van der Waals surface area (Å²) in [6.45, 7) is 4.34. The lowest BCUT2D eigenvalue weighted by atomic mass is 9.86. The van der Waals surface area contributed by atoms with Crippen molar-refractivity contribution in [2.45, 2.75) is 94.3 Å². The lowest BCUT2D eigenvalue weighted by Gasteiger charge is -2.44. The van der Waals surface area contributed by atoms with E-state index in [9.17, 15) is 24.5 Å². The summed E-state index contributed by atoms with van der Waals surface area (Å²) in [4.78, 5) is 13.0. The van der Waals surface area contributed by atoms with E-state index < -0.39 is 35.9 Å². The van der Waals surface area contributed by atoms with Crippen LogP contribution in [0.2, 0.25) is 0 Å². The van der Waals surface area contributed by atoms with Gasteiger partial charge in [0, 0.05) is 0 Å². The molecule has 0 aromatic rings. The molecule has 2 fully saturated rings. The van der Waals surface area contributed by atoms with Crippen molar-refractivity contribution in [3.05, 3.63) is 0 Å². The topological polar surface area (TPSA) is 111 Å². The van der Waals surface area contributed by atoms with Gasteiger partial charge in [0.25, 0.3) is 0 Å². The summed E-state index contributed by atoms with van der Waals surface area (Å²) < 4.78 is 18.1. The lowest BCUT2D eigenvalue weighted by Crippen LogP contribution is -2.65. The molecule has 0 bridgehead atoms. The number of aliphatic hydroxyl groups is 3. The number of aliphatic hydroxyl groups excluding tert-OH is 3. The standard InChI is InChI=1S/C21H39FN2O5S/c1-12(2)15(19-17(26)16(25)18(27)21(29-19)30-3)24-20(28)14-11-13(8-10-23-14)7-5-4-6-9-22/h12-19,21,23,25-27H,4-11H2,1-3H3,(H,24,28). The van der Waals surface area contributed by atoms with Crippen molar-refractivity contribution in [1.82, 2.24) is 10.6 Å². The fourth-order valence-electron chi connectivity index (χ4n) is 4.42. The minimum Gasteiger partial charge on any atom is -0.388 e. The molecule has 30 heavy (non-hydrogen) atoms. The molecule has 2 rings (SSSR count). The summed E-state index contributed by atoms with van der Waals surface area (Å²) in [6, 6.07) is -0.824. The summed E-state index contributed by atoms with van der Waals surface area (Å²) in [5.74, 6) is 0.256. The number of alkyl halides is 1. The van der Waals surface area contributed by atoms with E-state index in [2.05, 4.69) is 10.6 Å². The molecule has 0 spiro atoms. The second-order valence-corrected chi connectivity index (χ2v) is 9.83. The maximum absolute atomic E-state index is 13.0. The van der Waals surface area contributed by atoms with Crippen molar-refractivity contribution in [1.29, 1.82) is 0 Å². The average Bonchev–Trinajstić information content (AvgIpc) is 2.74. The van der Waals surface area contributed by atoms with Gasteiger partial charge < -0.3 is 30.7 Å². The second-order valence-electron chi connectivity index (χ2n) is 8.89. The molecule has 0 aromatic carbocycles. The number of ether oxygens (including phenoxy) is 1. The van der Waals surface area contributed by atoms with E-state index >= 15 is 0 Å². The van der Waals surface area contributed by atoms with Crippen LogP contribution in [0.5, 0.6) is 0 Å². The van der Waals surface area contributed by atoms with E-state index in [0.29, 0.717) is 12.3 Å². The summed E-state index contributed by atoms with van der Waals surface area (Å²) >= 11 is 1.26. The van der Waals surface area contributed by atoms with Gasteiger partial charge in [-0.15, -0.1) is 11.8 Å². The molecule has 2 heterocycles. The van der Waals surface area contributed by atoms with Crippen molar-refractivity contribution in [2.75, 3.05) is 19.5 Å². The number of piperidine rings is 1. The molecular weight excluding hydrogens is 411 g/mol. The van der Waals surface area contributed by atoms with Crippen molar-refractivity contribution >= 4 is 17.7 Å². The van der Waals surface area contributed by atoms with Crippen LogP contribution in [-0.2, 0) is 9.53 Å². The fraction of sp³-hybridized carbons (Fsp3) is 0.952. The Kier molecular flexibility index (Phi) is 10.8. The van der Waals surface area contributed by atoms with Crippen LogP contribution in [0.4, 0.5) is 4.39 Å². The number of nitrogens with one attached hydrogen (secondary N) is 2. The molecule has 0 aliphatic carbocycles. The third-order valence-corrected chi connectivity index (χ3v) is 7.15. The van der Waals surface area contributed by atoms with E-state index in [1.54, 1.807) is 6.26 Å². The zero-order valence-electron chi connectivity index (χ0n) is 18.3. The Balaban J connectivity index is 1.97. The van der Waals surface area contributed by atoms with Gasteiger partial charge >= 0.3 is 0 Å². The third kappa shape index (κ3) is 6.77. The molecule has 0 aromatic heterocycles. The first kappa shape index (κ1) is 25.8. The van der Waals surface area contributed by atoms with Crippen LogP contribution in [0, 0.1) is 11.8 Å². The Hall–Kier alpha value is -0.450. The number of halogens is 1. The van der Waals surface area contributed by atoms with Crippen LogP contribution < -0.4 is 10.6 Å². The normalized spacial score (nSPS) is 35.9.